The third-order valence-corrected chi connectivity index (χ3v) is 9.36. The fourth-order valence-electron chi connectivity index (χ4n) is 5.55. The van der Waals surface area contributed by atoms with Crippen molar-refractivity contribution < 1.29 is 13.2 Å². The van der Waals surface area contributed by atoms with Crippen molar-refractivity contribution in [1.82, 2.24) is 24.1 Å². The van der Waals surface area contributed by atoms with Crippen molar-refractivity contribution in [2.45, 2.75) is 26.3 Å². The van der Waals surface area contributed by atoms with Gasteiger partial charge in [0.25, 0.3) is 5.56 Å². The lowest BCUT2D eigenvalue weighted by Gasteiger charge is -2.21. The number of rotatable bonds is 8. The van der Waals surface area contributed by atoms with Crippen molar-refractivity contribution in [2.24, 2.45) is 0 Å². The molecule has 0 aliphatic rings. The Bertz CT molecular complexity index is 2240. The van der Waals surface area contributed by atoms with Gasteiger partial charge in [0.1, 0.15) is 28.4 Å². The van der Waals surface area contributed by atoms with Gasteiger partial charge in [-0.2, -0.15) is 5.10 Å². The van der Waals surface area contributed by atoms with Crippen LogP contribution in [0.2, 0.25) is 0 Å². The molecule has 11 nitrogen and oxygen atoms in total. The van der Waals surface area contributed by atoms with Gasteiger partial charge in [0.2, 0.25) is 10.0 Å². The van der Waals surface area contributed by atoms with Crippen LogP contribution in [-0.4, -0.2) is 45.9 Å². The maximum atomic E-state index is 14.2. The second kappa shape index (κ2) is 11.3. The second-order valence-electron chi connectivity index (χ2n) is 10.4. The van der Waals surface area contributed by atoms with E-state index in [0.717, 1.165) is 33.2 Å². The molecule has 0 aliphatic heterocycles. The fraction of sp³-hybridized carbons (Fsp3) is 0.200. The molecule has 6 aromatic rings. The van der Waals surface area contributed by atoms with E-state index >= 15 is 0 Å². The van der Waals surface area contributed by atoms with Crippen LogP contribution in [0.4, 0.5) is 11.5 Å². The van der Waals surface area contributed by atoms with Gasteiger partial charge >= 0.3 is 0 Å². The molecule has 14 heteroatoms. The first-order chi connectivity index (χ1) is 21.0. The van der Waals surface area contributed by atoms with Crippen molar-refractivity contribution >= 4 is 63.3 Å². The van der Waals surface area contributed by atoms with E-state index < -0.39 is 16.1 Å². The van der Waals surface area contributed by atoms with Crippen LogP contribution in [0.5, 0.6) is 5.75 Å². The summed E-state index contributed by atoms with van der Waals surface area (Å²) in [5.74, 6) is 0.569. The molecule has 0 fully saturated rings. The first-order valence-corrected chi connectivity index (χ1v) is 17.0. The molecule has 1 unspecified atom stereocenters. The Morgan fingerprint density at radius 2 is 1.93 bits per heavy atom. The topological polar surface area (TPSA) is 146 Å². The number of hydrogen-bond donors (Lipinski definition) is 2. The summed E-state index contributed by atoms with van der Waals surface area (Å²) in [6, 6.07) is 14.5. The van der Waals surface area contributed by atoms with Gasteiger partial charge in [-0.3, -0.25) is 13.9 Å². The molecule has 0 amide bonds. The standard InChI is InChI=1S/C30H30N7O4PS2/c1-5-22(20-13-24-36(16(2)14-43-24)30(38)25(20)17-7-6-8-19(42)11-17)37-29-26(28(31)32-15-33-29)27(34-37)18-9-10-23(41-3)21(12-18)35-44(4,39)40/h6-15,22,35H,5,42H2,1-4H3,(H2,31,32,33)/t22-/m0/s1. The highest BCUT2D eigenvalue weighted by Gasteiger charge is 2.27. The van der Waals surface area contributed by atoms with Gasteiger partial charge in [0, 0.05) is 16.6 Å². The summed E-state index contributed by atoms with van der Waals surface area (Å²) in [5.41, 5.74) is 11.2. The number of nitrogens with two attached hydrogens (primary N) is 1. The highest BCUT2D eigenvalue weighted by molar-refractivity contribution is 7.92. The number of fused-ring (bicyclic) bond motifs is 2. The van der Waals surface area contributed by atoms with E-state index in [1.165, 1.54) is 24.8 Å². The van der Waals surface area contributed by atoms with Gasteiger partial charge < -0.3 is 10.5 Å². The van der Waals surface area contributed by atoms with Crippen LogP contribution in [0.25, 0.3) is 38.2 Å². The summed E-state index contributed by atoms with van der Waals surface area (Å²) in [5, 5.41) is 8.48. The molecule has 0 saturated carbocycles. The average Bonchev–Trinajstić information content (AvgIpc) is 3.54. The number of methoxy groups -OCH3 is 1. The van der Waals surface area contributed by atoms with Gasteiger partial charge in [0.05, 0.1) is 36.0 Å². The highest BCUT2D eigenvalue weighted by atomic mass is 32.2. The molecule has 0 radical (unpaired) electrons. The third kappa shape index (κ3) is 5.21. The maximum Gasteiger partial charge on any atom is 0.264 e. The van der Waals surface area contributed by atoms with E-state index in [4.69, 9.17) is 15.6 Å². The number of nitrogens with one attached hydrogen (secondary N) is 1. The number of nitrogen functional groups attached to an aromatic ring is 1. The van der Waals surface area contributed by atoms with Crippen LogP contribution in [0.1, 0.15) is 30.6 Å². The third-order valence-electron chi connectivity index (χ3n) is 7.41. The van der Waals surface area contributed by atoms with E-state index in [1.54, 1.807) is 27.3 Å². The van der Waals surface area contributed by atoms with Crippen molar-refractivity contribution in [2.75, 3.05) is 23.8 Å². The number of aromatic nitrogens is 5. The van der Waals surface area contributed by atoms with Crippen LogP contribution >= 0.6 is 20.6 Å². The van der Waals surface area contributed by atoms with Crippen molar-refractivity contribution in [3.8, 4) is 28.1 Å². The minimum absolute atomic E-state index is 0.109. The monoisotopic (exact) mass is 647 g/mol. The first kappa shape index (κ1) is 29.7. The average molecular weight is 648 g/mol. The predicted octanol–water partition coefficient (Wildman–Crippen LogP) is 4.61. The van der Waals surface area contributed by atoms with Crippen molar-refractivity contribution in [1.29, 1.82) is 0 Å². The maximum absolute atomic E-state index is 14.2. The number of thiazole rings is 1. The molecular formula is C30H30N7O4PS2. The van der Waals surface area contributed by atoms with Gasteiger partial charge in [-0.25, -0.2) is 23.1 Å². The summed E-state index contributed by atoms with van der Waals surface area (Å²) >= 11 is 1.51. The zero-order chi connectivity index (χ0) is 31.3. The lowest BCUT2D eigenvalue weighted by molar-refractivity contribution is 0.417. The summed E-state index contributed by atoms with van der Waals surface area (Å²) in [6.45, 7) is 3.95. The Hall–Kier alpha value is -4.32. The fourth-order valence-corrected chi connectivity index (χ4v) is 7.32. The summed E-state index contributed by atoms with van der Waals surface area (Å²) < 4.78 is 35.6. The van der Waals surface area contributed by atoms with Gasteiger partial charge in [-0.1, -0.05) is 25.1 Å². The number of pyridine rings is 1. The molecule has 4 aromatic heterocycles. The van der Waals surface area contributed by atoms with Crippen molar-refractivity contribution in [3.63, 3.8) is 0 Å². The Labute approximate surface area is 260 Å². The van der Waals surface area contributed by atoms with Crippen LogP contribution in [0.15, 0.2) is 65.0 Å². The molecule has 0 saturated heterocycles. The van der Waals surface area contributed by atoms with E-state index in [-0.39, 0.29) is 17.1 Å². The SMILES string of the molecule is CC[C@@H](c1cc2scc(C)n2c(=O)c1-c1cccc(P)c1)n1nc(-c2ccc(OC)c(NS(C)(=O)=O)c2)c2c(N)ncnc21. The zero-order valence-corrected chi connectivity index (χ0v) is 27.2. The van der Waals surface area contributed by atoms with Crippen LogP contribution in [-0.2, 0) is 10.0 Å². The summed E-state index contributed by atoms with van der Waals surface area (Å²) in [7, 11) is 0.557. The second-order valence-corrected chi connectivity index (χ2v) is 13.7. The molecule has 2 aromatic carbocycles. The van der Waals surface area contributed by atoms with E-state index in [1.807, 2.05) is 43.5 Å². The van der Waals surface area contributed by atoms with Crippen molar-refractivity contribution in [3.05, 3.63) is 81.8 Å². The lowest BCUT2D eigenvalue weighted by Crippen LogP contribution is -2.22. The van der Waals surface area contributed by atoms with Gasteiger partial charge in [0.15, 0.2) is 5.65 Å². The number of nitrogens with zero attached hydrogens (tertiary/aromatic N) is 5. The Morgan fingerprint density at radius 1 is 1.14 bits per heavy atom. The largest absolute Gasteiger partial charge is 0.495 e. The zero-order valence-electron chi connectivity index (χ0n) is 24.4. The molecule has 6 rings (SSSR count). The van der Waals surface area contributed by atoms with Crippen LogP contribution in [0.3, 0.4) is 0 Å². The normalized spacial score (nSPS) is 12.6. The molecule has 0 bridgehead atoms. The van der Waals surface area contributed by atoms with E-state index in [9.17, 15) is 13.2 Å². The number of hydrogen-bond acceptors (Lipinski definition) is 9. The molecule has 0 spiro atoms. The number of aryl methyl sites for hydroxylation is 1. The Balaban J connectivity index is 1.63. The Morgan fingerprint density at radius 3 is 2.64 bits per heavy atom. The molecule has 2 atom stereocenters. The molecule has 44 heavy (non-hydrogen) atoms. The van der Waals surface area contributed by atoms with Gasteiger partial charge in [-0.15, -0.1) is 20.6 Å². The van der Waals surface area contributed by atoms with E-state index in [0.29, 0.717) is 40.0 Å². The number of ether oxygens (including phenoxy) is 1. The van der Waals surface area contributed by atoms with Crippen LogP contribution < -0.4 is 26.1 Å². The minimum Gasteiger partial charge on any atom is -0.495 e. The molecule has 0 aliphatic carbocycles. The number of benzene rings is 2. The predicted molar refractivity (Wildman–Crippen MR) is 180 cm³/mol. The smallest absolute Gasteiger partial charge is 0.264 e. The Kier molecular flexibility index (Phi) is 7.64. The first-order valence-electron chi connectivity index (χ1n) is 13.6. The summed E-state index contributed by atoms with van der Waals surface area (Å²) in [6.07, 6.45) is 3.04. The molecule has 3 N–H and O–H groups in total. The van der Waals surface area contributed by atoms with Gasteiger partial charge in [-0.05, 0) is 60.1 Å². The molecule has 226 valence electrons. The molecule has 4 heterocycles. The lowest BCUT2D eigenvalue weighted by atomic mass is 9.95. The van der Waals surface area contributed by atoms with Crippen LogP contribution in [0, 0.1) is 6.92 Å². The quantitative estimate of drug-likeness (QED) is 0.228. The number of sulfonamides is 1. The summed E-state index contributed by atoms with van der Waals surface area (Å²) in [4.78, 5) is 23.8. The number of anilines is 2. The minimum atomic E-state index is -3.60. The van der Waals surface area contributed by atoms with E-state index in [2.05, 4.69) is 30.0 Å². The highest BCUT2D eigenvalue weighted by Crippen LogP contribution is 2.39. The molecular weight excluding hydrogens is 617 g/mol.